The van der Waals surface area contributed by atoms with E-state index in [1.165, 1.54) is 0 Å². The Morgan fingerprint density at radius 3 is 2.54 bits per heavy atom. The quantitative estimate of drug-likeness (QED) is 0.715. The number of benzene rings is 2. The van der Waals surface area contributed by atoms with Crippen molar-refractivity contribution < 1.29 is 9.90 Å². The number of hydrogen-bond acceptors (Lipinski definition) is 2. The Bertz CT molecular complexity index is 833. The zero-order valence-corrected chi connectivity index (χ0v) is 17.4. The fourth-order valence-corrected chi connectivity index (χ4v) is 4.44. The second kappa shape index (κ2) is 7.70. The Morgan fingerprint density at radius 1 is 1.12 bits per heavy atom. The predicted octanol–water partition coefficient (Wildman–Crippen LogP) is 4.36. The minimum Gasteiger partial charge on any atom is -0.377 e. The van der Waals surface area contributed by atoms with Crippen LogP contribution < -0.4 is 5.46 Å². The largest absolute Gasteiger partial charge is 0.377 e. The van der Waals surface area contributed by atoms with E-state index in [0.717, 1.165) is 52.3 Å². The minimum atomic E-state index is -1.45. The third-order valence-corrected chi connectivity index (χ3v) is 6.13. The molecule has 0 saturated heterocycles. The summed E-state index contributed by atoms with van der Waals surface area (Å²) in [6, 6.07) is 11.9. The third kappa shape index (κ3) is 3.42. The Balaban J connectivity index is 2.13. The number of aliphatic hydroxyl groups is 1. The lowest BCUT2D eigenvalue weighted by atomic mass is 9.69. The maximum Gasteiger partial charge on any atom is 0.199 e. The van der Waals surface area contributed by atoms with E-state index in [9.17, 15) is 9.90 Å². The monoisotopic (exact) mass is 412 g/mol. The first-order valence-electron chi connectivity index (χ1n) is 9.59. The first-order chi connectivity index (χ1) is 12.4. The smallest absolute Gasteiger partial charge is 0.199 e. The molecule has 26 heavy (non-hydrogen) atoms. The van der Waals surface area contributed by atoms with Crippen molar-refractivity contribution in [1.29, 1.82) is 0 Å². The van der Waals surface area contributed by atoms with Crippen LogP contribution in [-0.4, -0.2) is 18.7 Å². The third-order valence-electron chi connectivity index (χ3n) is 5.64. The van der Waals surface area contributed by atoms with E-state index in [2.05, 4.69) is 29.8 Å². The van der Waals surface area contributed by atoms with Crippen LogP contribution in [0.15, 0.2) is 40.9 Å². The molecule has 0 spiro atoms. The van der Waals surface area contributed by atoms with Crippen molar-refractivity contribution in [2.45, 2.75) is 51.6 Å². The van der Waals surface area contributed by atoms with Crippen molar-refractivity contribution in [2.24, 2.45) is 5.92 Å². The molecule has 0 bridgehead atoms. The van der Waals surface area contributed by atoms with Gasteiger partial charge in [-0.3, -0.25) is 4.79 Å². The van der Waals surface area contributed by atoms with Crippen LogP contribution in [0.25, 0.3) is 11.1 Å². The highest BCUT2D eigenvalue weighted by molar-refractivity contribution is 9.10. The maximum absolute atomic E-state index is 13.4. The average Bonchev–Trinajstić information content (AvgIpc) is 2.63. The Labute approximate surface area is 165 Å². The van der Waals surface area contributed by atoms with Crippen molar-refractivity contribution in [3.05, 3.63) is 52.0 Å². The van der Waals surface area contributed by atoms with Gasteiger partial charge in [-0.05, 0) is 35.6 Å². The van der Waals surface area contributed by atoms with Crippen LogP contribution in [0, 0.1) is 5.92 Å². The zero-order valence-electron chi connectivity index (χ0n) is 15.8. The van der Waals surface area contributed by atoms with Crippen molar-refractivity contribution >= 4 is 35.0 Å². The molecule has 1 aliphatic rings. The van der Waals surface area contributed by atoms with Gasteiger partial charge in [-0.25, -0.2) is 0 Å². The fraction of sp³-hybridized carbons (Fsp3) is 0.409. The first-order valence-corrected chi connectivity index (χ1v) is 10.4. The molecule has 4 heteroatoms. The highest BCUT2D eigenvalue weighted by Gasteiger charge is 2.45. The Morgan fingerprint density at radius 2 is 1.85 bits per heavy atom. The molecule has 0 aliphatic heterocycles. The summed E-state index contributed by atoms with van der Waals surface area (Å²) >= 11 is 3.52. The molecule has 0 saturated carbocycles. The predicted molar refractivity (Wildman–Crippen MR) is 114 cm³/mol. The number of rotatable bonds is 6. The van der Waals surface area contributed by atoms with Gasteiger partial charge in [0, 0.05) is 15.6 Å². The molecule has 0 radical (unpaired) electrons. The molecule has 136 valence electrons. The summed E-state index contributed by atoms with van der Waals surface area (Å²) in [5, 5.41) is 11.7. The van der Waals surface area contributed by atoms with Crippen LogP contribution in [-0.2, 0) is 5.60 Å². The van der Waals surface area contributed by atoms with Gasteiger partial charge < -0.3 is 5.11 Å². The molecule has 2 unspecified atom stereocenters. The van der Waals surface area contributed by atoms with Gasteiger partial charge in [0.1, 0.15) is 7.85 Å². The van der Waals surface area contributed by atoms with E-state index < -0.39 is 5.60 Å². The molecule has 2 nitrogen and oxygen atoms in total. The fourth-order valence-electron chi connectivity index (χ4n) is 4.08. The number of hydrogen-bond donors (Lipinski definition) is 1. The molecule has 0 aromatic heterocycles. The van der Waals surface area contributed by atoms with E-state index in [1.807, 2.05) is 44.2 Å². The van der Waals surface area contributed by atoms with Crippen molar-refractivity contribution in [3.63, 3.8) is 0 Å². The molecule has 2 atom stereocenters. The maximum atomic E-state index is 13.4. The molecular formula is C22H26BBrO2. The highest BCUT2D eigenvalue weighted by Crippen LogP contribution is 2.46. The molecule has 2 aromatic carbocycles. The van der Waals surface area contributed by atoms with E-state index >= 15 is 0 Å². The lowest BCUT2D eigenvalue weighted by Gasteiger charge is -2.37. The molecule has 2 aromatic rings. The number of ketones is 1. The Kier molecular flexibility index (Phi) is 5.74. The summed E-state index contributed by atoms with van der Waals surface area (Å²) in [5.74, 6) is 0.179. The van der Waals surface area contributed by atoms with Crippen LogP contribution in [0.2, 0.25) is 0 Å². The van der Waals surface area contributed by atoms with E-state index in [-0.39, 0.29) is 5.78 Å². The number of unbranched alkanes of at least 4 members (excludes halogenated alkanes) is 1. The van der Waals surface area contributed by atoms with Crippen LogP contribution in [0.3, 0.4) is 0 Å². The number of fused-ring (bicyclic) bond motifs is 3. The van der Waals surface area contributed by atoms with Gasteiger partial charge in [0.05, 0.1) is 0 Å². The van der Waals surface area contributed by atoms with Gasteiger partial charge in [-0.1, -0.05) is 85.2 Å². The average molecular weight is 413 g/mol. The molecule has 0 fully saturated rings. The summed E-state index contributed by atoms with van der Waals surface area (Å²) in [6.45, 7) is 4.33. The van der Waals surface area contributed by atoms with Gasteiger partial charge in [0.15, 0.2) is 11.4 Å². The molecule has 0 amide bonds. The summed E-state index contributed by atoms with van der Waals surface area (Å²) in [7, 11) is 1.99. The molecule has 1 aliphatic carbocycles. The van der Waals surface area contributed by atoms with Crippen molar-refractivity contribution in [2.75, 3.05) is 0 Å². The zero-order chi connectivity index (χ0) is 18.9. The van der Waals surface area contributed by atoms with Gasteiger partial charge in [0.25, 0.3) is 0 Å². The Hall–Kier alpha value is -1.39. The van der Waals surface area contributed by atoms with Gasteiger partial charge in [-0.15, -0.1) is 0 Å². The first kappa shape index (κ1) is 19.4. The van der Waals surface area contributed by atoms with Crippen LogP contribution in [0.5, 0.6) is 0 Å². The highest BCUT2D eigenvalue weighted by atomic mass is 79.9. The van der Waals surface area contributed by atoms with Crippen molar-refractivity contribution in [1.82, 2.24) is 0 Å². The molecule has 1 N–H and O–H groups in total. The summed E-state index contributed by atoms with van der Waals surface area (Å²) in [5.41, 5.74) is 2.87. The van der Waals surface area contributed by atoms with Crippen LogP contribution >= 0.6 is 15.9 Å². The van der Waals surface area contributed by atoms with Crippen LogP contribution in [0.1, 0.15) is 61.9 Å². The standard InChI is InChI=1S/C22H26BBrO2/c1-3-5-6-14(4-2)13-22(26)20-12-16(24)8-10-18(20)17-9-7-15(23)11-19(17)21(22)25/h7-12,14,26H,3-6,13,23H2,1-2H3. The van der Waals surface area contributed by atoms with Gasteiger partial charge in [-0.2, -0.15) is 0 Å². The molecular weight excluding hydrogens is 387 g/mol. The SMILES string of the molecule is Bc1ccc2c(c1)C(=O)C(O)(CC(CC)CCCC)c1cc(Br)ccc1-2. The molecule has 3 rings (SSSR count). The van der Waals surface area contributed by atoms with E-state index in [0.29, 0.717) is 17.9 Å². The van der Waals surface area contributed by atoms with E-state index in [1.54, 1.807) is 0 Å². The second-order valence-corrected chi connectivity index (χ2v) is 8.46. The normalized spacial score (nSPS) is 19.8. The van der Waals surface area contributed by atoms with Crippen LogP contribution in [0.4, 0.5) is 0 Å². The van der Waals surface area contributed by atoms with Gasteiger partial charge in [0.2, 0.25) is 0 Å². The number of Topliss-reactive ketones (excluding diaryl/α,β-unsaturated/α-hetero) is 1. The lowest BCUT2D eigenvalue weighted by Crippen LogP contribution is -2.41. The number of carbonyl (C=O) groups excluding carboxylic acids is 1. The lowest BCUT2D eigenvalue weighted by molar-refractivity contribution is 0.0139. The topological polar surface area (TPSA) is 37.3 Å². The summed E-state index contributed by atoms with van der Waals surface area (Å²) in [4.78, 5) is 13.4. The number of halogens is 1. The summed E-state index contributed by atoms with van der Waals surface area (Å²) in [6.07, 6.45) is 4.77. The van der Waals surface area contributed by atoms with E-state index in [4.69, 9.17) is 0 Å². The van der Waals surface area contributed by atoms with Crippen molar-refractivity contribution in [3.8, 4) is 11.1 Å². The second-order valence-electron chi connectivity index (χ2n) is 7.55. The summed E-state index contributed by atoms with van der Waals surface area (Å²) < 4.78 is 0.889. The number of carbonyl (C=O) groups is 1. The minimum absolute atomic E-state index is 0.156. The molecule has 0 heterocycles. The van der Waals surface area contributed by atoms with Gasteiger partial charge >= 0.3 is 0 Å².